The first-order chi connectivity index (χ1) is 7.63. The van der Waals surface area contributed by atoms with Crippen LogP contribution in [-0.2, 0) is 10.3 Å². The second-order valence-electron chi connectivity index (χ2n) is 3.79. The Balaban J connectivity index is 2.26. The average molecular weight is 223 g/mol. The van der Waals surface area contributed by atoms with E-state index < -0.39 is 5.54 Å². The highest BCUT2D eigenvalue weighted by atomic mass is 16.5. The summed E-state index contributed by atoms with van der Waals surface area (Å²) < 4.78 is 15.0. The smallest absolute Gasteiger partial charge is 0.261 e. The summed E-state index contributed by atoms with van der Waals surface area (Å²) in [5.41, 5.74) is 5.95. The van der Waals surface area contributed by atoms with Crippen molar-refractivity contribution in [1.29, 1.82) is 0 Å². The number of aromatic nitrogens is 2. The van der Waals surface area contributed by atoms with Crippen molar-refractivity contribution in [2.75, 3.05) is 13.7 Å². The summed E-state index contributed by atoms with van der Waals surface area (Å²) in [7, 11) is 1.57. The first kappa shape index (κ1) is 10.8. The van der Waals surface area contributed by atoms with E-state index in [1.54, 1.807) is 20.1 Å². The van der Waals surface area contributed by atoms with Gasteiger partial charge in [0.05, 0.1) is 18.4 Å². The van der Waals surface area contributed by atoms with E-state index in [0.29, 0.717) is 18.3 Å². The lowest BCUT2D eigenvalue weighted by atomic mass is 10.1. The molecule has 2 heterocycles. The second-order valence-corrected chi connectivity index (χ2v) is 3.79. The molecule has 0 aliphatic heterocycles. The van der Waals surface area contributed by atoms with Crippen molar-refractivity contribution in [2.45, 2.75) is 12.5 Å². The number of nitrogens with zero attached hydrogens (tertiary/aromatic N) is 2. The maximum Gasteiger partial charge on any atom is 0.261 e. The molecule has 0 fully saturated rings. The molecule has 16 heavy (non-hydrogen) atoms. The van der Waals surface area contributed by atoms with E-state index in [1.807, 2.05) is 0 Å². The number of methoxy groups -OCH3 is 1. The zero-order valence-electron chi connectivity index (χ0n) is 9.14. The first-order valence-electron chi connectivity index (χ1n) is 4.78. The van der Waals surface area contributed by atoms with Gasteiger partial charge in [0.15, 0.2) is 5.82 Å². The van der Waals surface area contributed by atoms with Gasteiger partial charge in [0.2, 0.25) is 0 Å². The van der Waals surface area contributed by atoms with Gasteiger partial charge < -0.3 is 19.4 Å². The molecule has 0 aliphatic rings. The van der Waals surface area contributed by atoms with Crippen molar-refractivity contribution in [2.24, 2.45) is 5.73 Å². The number of nitrogens with two attached hydrogens (primary N) is 1. The van der Waals surface area contributed by atoms with Crippen LogP contribution < -0.4 is 5.73 Å². The highest BCUT2D eigenvalue weighted by molar-refractivity contribution is 5.49. The lowest BCUT2D eigenvalue weighted by molar-refractivity contribution is 0.135. The molecule has 2 N–H and O–H groups in total. The SMILES string of the molecule is COCC(C)(N)c1noc(-c2ccoc2)n1. The van der Waals surface area contributed by atoms with E-state index in [4.69, 9.17) is 19.4 Å². The van der Waals surface area contributed by atoms with Crippen molar-refractivity contribution in [3.8, 4) is 11.5 Å². The number of hydrogen-bond donors (Lipinski definition) is 1. The predicted molar refractivity (Wildman–Crippen MR) is 55.4 cm³/mol. The van der Waals surface area contributed by atoms with Gasteiger partial charge in [0.25, 0.3) is 5.89 Å². The van der Waals surface area contributed by atoms with Gasteiger partial charge in [0.1, 0.15) is 11.8 Å². The van der Waals surface area contributed by atoms with Gasteiger partial charge in [-0.1, -0.05) is 5.16 Å². The van der Waals surface area contributed by atoms with Crippen molar-refractivity contribution in [3.63, 3.8) is 0 Å². The largest absolute Gasteiger partial charge is 0.472 e. The number of hydrogen-bond acceptors (Lipinski definition) is 6. The molecule has 0 radical (unpaired) electrons. The molecular weight excluding hydrogens is 210 g/mol. The van der Waals surface area contributed by atoms with Gasteiger partial charge in [-0.05, 0) is 13.0 Å². The molecule has 0 aliphatic carbocycles. The van der Waals surface area contributed by atoms with Crippen LogP contribution in [0.1, 0.15) is 12.7 Å². The van der Waals surface area contributed by atoms with Crippen LogP contribution in [0.25, 0.3) is 11.5 Å². The van der Waals surface area contributed by atoms with Gasteiger partial charge in [0, 0.05) is 7.11 Å². The fourth-order valence-electron chi connectivity index (χ4n) is 1.32. The van der Waals surface area contributed by atoms with Crippen LogP contribution in [0.15, 0.2) is 27.5 Å². The maximum atomic E-state index is 5.98. The van der Waals surface area contributed by atoms with Gasteiger partial charge in [-0.2, -0.15) is 4.98 Å². The van der Waals surface area contributed by atoms with Crippen molar-refractivity contribution in [3.05, 3.63) is 24.4 Å². The molecule has 0 bridgehead atoms. The molecule has 2 aromatic rings. The minimum absolute atomic E-state index is 0.317. The van der Waals surface area contributed by atoms with Crippen LogP contribution in [0.3, 0.4) is 0 Å². The molecule has 2 rings (SSSR count). The average Bonchev–Trinajstić information content (AvgIpc) is 2.89. The fourth-order valence-corrected chi connectivity index (χ4v) is 1.32. The molecular formula is C10H13N3O3. The third kappa shape index (κ3) is 1.98. The molecule has 86 valence electrons. The molecule has 0 saturated heterocycles. The lowest BCUT2D eigenvalue weighted by Gasteiger charge is -2.18. The van der Waals surface area contributed by atoms with Gasteiger partial charge in [-0.15, -0.1) is 0 Å². The van der Waals surface area contributed by atoms with E-state index in [-0.39, 0.29) is 0 Å². The molecule has 1 atom stereocenters. The zero-order chi connectivity index (χ0) is 11.6. The van der Waals surface area contributed by atoms with E-state index in [0.717, 1.165) is 5.56 Å². The van der Waals surface area contributed by atoms with Gasteiger partial charge >= 0.3 is 0 Å². The molecule has 6 nitrogen and oxygen atoms in total. The third-order valence-electron chi connectivity index (χ3n) is 2.15. The minimum Gasteiger partial charge on any atom is -0.472 e. The molecule has 6 heteroatoms. The minimum atomic E-state index is -0.764. The highest BCUT2D eigenvalue weighted by Crippen LogP contribution is 2.21. The quantitative estimate of drug-likeness (QED) is 0.836. The van der Waals surface area contributed by atoms with E-state index in [9.17, 15) is 0 Å². The van der Waals surface area contributed by atoms with Crippen molar-refractivity contribution < 1.29 is 13.7 Å². The summed E-state index contributed by atoms with van der Waals surface area (Å²) >= 11 is 0. The van der Waals surface area contributed by atoms with Crippen LogP contribution in [0.5, 0.6) is 0 Å². The summed E-state index contributed by atoms with van der Waals surface area (Å²) in [6.45, 7) is 2.10. The Hall–Kier alpha value is -1.66. The summed E-state index contributed by atoms with van der Waals surface area (Å²) in [5, 5.41) is 3.83. The van der Waals surface area contributed by atoms with Crippen LogP contribution in [0, 0.1) is 0 Å². The maximum absolute atomic E-state index is 5.98. The Morgan fingerprint density at radius 1 is 1.56 bits per heavy atom. The summed E-state index contributed by atoms with van der Waals surface area (Å²) in [5.74, 6) is 0.794. The Kier molecular flexibility index (Phi) is 2.76. The Labute approximate surface area is 92.4 Å². The monoisotopic (exact) mass is 223 g/mol. The summed E-state index contributed by atoms with van der Waals surface area (Å²) in [6.07, 6.45) is 3.07. The fraction of sp³-hybridized carbons (Fsp3) is 0.400. The molecule has 0 aromatic carbocycles. The van der Waals surface area contributed by atoms with Crippen LogP contribution >= 0.6 is 0 Å². The highest BCUT2D eigenvalue weighted by Gasteiger charge is 2.27. The number of rotatable bonds is 4. The first-order valence-corrected chi connectivity index (χ1v) is 4.78. The Bertz CT molecular complexity index is 448. The van der Waals surface area contributed by atoms with Crippen LogP contribution in [0.4, 0.5) is 0 Å². The molecule has 0 amide bonds. The predicted octanol–water partition coefficient (Wildman–Crippen LogP) is 1.15. The van der Waals surface area contributed by atoms with Gasteiger partial charge in [-0.3, -0.25) is 0 Å². The van der Waals surface area contributed by atoms with Gasteiger partial charge in [-0.25, -0.2) is 0 Å². The second kappa shape index (κ2) is 4.07. The van der Waals surface area contributed by atoms with Crippen LogP contribution in [0.2, 0.25) is 0 Å². The van der Waals surface area contributed by atoms with Crippen LogP contribution in [-0.4, -0.2) is 23.9 Å². The normalized spacial score (nSPS) is 14.9. The van der Waals surface area contributed by atoms with E-state index >= 15 is 0 Å². The van der Waals surface area contributed by atoms with E-state index in [1.165, 1.54) is 12.5 Å². The molecule has 0 spiro atoms. The Morgan fingerprint density at radius 2 is 2.38 bits per heavy atom. The Morgan fingerprint density at radius 3 is 3.00 bits per heavy atom. The molecule has 2 aromatic heterocycles. The standard InChI is InChI=1S/C10H13N3O3/c1-10(11,6-14-2)9-12-8(16-13-9)7-3-4-15-5-7/h3-5H,6,11H2,1-2H3. The zero-order valence-corrected chi connectivity index (χ0v) is 9.14. The third-order valence-corrected chi connectivity index (χ3v) is 2.15. The van der Waals surface area contributed by atoms with Crippen molar-refractivity contribution in [1.82, 2.24) is 10.1 Å². The molecule has 1 unspecified atom stereocenters. The van der Waals surface area contributed by atoms with Crippen molar-refractivity contribution >= 4 is 0 Å². The summed E-state index contributed by atoms with van der Waals surface area (Å²) in [6, 6.07) is 1.74. The lowest BCUT2D eigenvalue weighted by Crippen LogP contribution is -2.38. The molecule has 0 saturated carbocycles. The number of ether oxygens (including phenoxy) is 1. The van der Waals surface area contributed by atoms with E-state index in [2.05, 4.69) is 10.1 Å². The summed E-state index contributed by atoms with van der Waals surface area (Å²) in [4.78, 5) is 4.20. The number of furan rings is 1. The topological polar surface area (TPSA) is 87.3 Å².